The molecule has 0 atom stereocenters. The second kappa shape index (κ2) is 3.36. The Kier molecular flexibility index (Phi) is 1.90. The van der Waals surface area contributed by atoms with Gasteiger partial charge < -0.3 is 4.90 Å². The minimum absolute atomic E-state index is 0.788. The maximum Gasteiger partial charge on any atom is 0.277 e. The number of aromatic nitrogens is 1. The lowest BCUT2D eigenvalue weighted by molar-refractivity contribution is -0.668. The first-order valence-corrected chi connectivity index (χ1v) is 6.38. The molecule has 0 radical (unpaired) electrons. The van der Waals surface area contributed by atoms with Crippen LogP contribution in [0.3, 0.4) is 0 Å². The van der Waals surface area contributed by atoms with Crippen molar-refractivity contribution in [1.29, 1.82) is 0 Å². The normalized spacial score (nSPS) is 13.8. The van der Waals surface area contributed by atoms with E-state index < -0.39 is 0 Å². The first kappa shape index (κ1) is 10.2. The maximum atomic E-state index is 6.33. The molecule has 0 aliphatic carbocycles. The van der Waals surface area contributed by atoms with Crippen molar-refractivity contribution < 1.29 is 4.57 Å². The molecule has 4 rings (SSSR count). The molecule has 0 saturated carbocycles. The van der Waals surface area contributed by atoms with Gasteiger partial charge >= 0.3 is 0 Å². The van der Waals surface area contributed by atoms with Crippen molar-refractivity contribution >= 4 is 39.0 Å². The highest BCUT2D eigenvalue weighted by molar-refractivity contribution is 6.29. The van der Waals surface area contributed by atoms with E-state index in [-0.39, 0.29) is 0 Å². The standard InChI is InChI=1S/C15H12ClN2/c1-17-9-18-13(16)8-7-11-6-5-10-3-2-4-12(17)14(10)15(11)18/h2-8H,9H2,1H3/q+1. The first-order valence-electron chi connectivity index (χ1n) is 6.00. The summed E-state index contributed by atoms with van der Waals surface area (Å²) in [5.74, 6) is 0. The van der Waals surface area contributed by atoms with Crippen molar-refractivity contribution in [1.82, 2.24) is 0 Å². The van der Waals surface area contributed by atoms with Gasteiger partial charge in [0.2, 0.25) is 12.2 Å². The van der Waals surface area contributed by atoms with Crippen LogP contribution in [-0.4, -0.2) is 7.05 Å². The van der Waals surface area contributed by atoms with Crippen molar-refractivity contribution in [3.05, 3.63) is 47.6 Å². The molecular formula is C15H12ClN2+. The second-order valence-electron chi connectivity index (χ2n) is 4.80. The summed E-state index contributed by atoms with van der Waals surface area (Å²) in [5.41, 5.74) is 2.52. The zero-order chi connectivity index (χ0) is 12.3. The third kappa shape index (κ3) is 1.16. The Morgan fingerprint density at radius 2 is 1.83 bits per heavy atom. The molecule has 2 heterocycles. The van der Waals surface area contributed by atoms with Gasteiger partial charge in [0.05, 0.1) is 11.1 Å². The molecule has 0 unspecified atom stereocenters. The molecular weight excluding hydrogens is 244 g/mol. The van der Waals surface area contributed by atoms with Gasteiger partial charge in [-0.1, -0.05) is 18.2 Å². The SMILES string of the molecule is CN1C[n+]2c(Cl)ccc3ccc4cccc1c4c32. The highest BCUT2D eigenvalue weighted by Crippen LogP contribution is 2.34. The van der Waals surface area contributed by atoms with Crippen LogP contribution < -0.4 is 9.47 Å². The van der Waals surface area contributed by atoms with E-state index in [1.54, 1.807) is 0 Å². The molecule has 1 aromatic heterocycles. The van der Waals surface area contributed by atoms with Crippen LogP contribution in [0.5, 0.6) is 0 Å². The fourth-order valence-electron chi connectivity index (χ4n) is 2.88. The lowest BCUT2D eigenvalue weighted by atomic mass is 10.0. The van der Waals surface area contributed by atoms with Crippen LogP contribution >= 0.6 is 11.6 Å². The summed E-state index contributed by atoms with van der Waals surface area (Å²) >= 11 is 6.33. The first-order chi connectivity index (χ1) is 8.75. The van der Waals surface area contributed by atoms with Crippen LogP contribution in [0.25, 0.3) is 21.7 Å². The van der Waals surface area contributed by atoms with Gasteiger partial charge in [-0.25, -0.2) is 0 Å². The van der Waals surface area contributed by atoms with Gasteiger partial charge in [0.1, 0.15) is 0 Å². The lowest BCUT2D eigenvalue weighted by Crippen LogP contribution is -2.46. The molecule has 2 aromatic carbocycles. The third-order valence-corrected chi connectivity index (χ3v) is 4.05. The molecule has 18 heavy (non-hydrogen) atoms. The fraction of sp³-hybridized carbons (Fsp3) is 0.133. The summed E-state index contributed by atoms with van der Waals surface area (Å²) in [7, 11) is 2.10. The van der Waals surface area contributed by atoms with Crippen molar-refractivity contribution in [3.63, 3.8) is 0 Å². The van der Waals surface area contributed by atoms with Crippen LogP contribution in [0, 0.1) is 0 Å². The van der Waals surface area contributed by atoms with E-state index in [9.17, 15) is 0 Å². The van der Waals surface area contributed by atoms with Crippen LogP contribution in [0.4, 0.5) is 5.69 Å². The molecule has 1 aliphatic heterocycles. The van der Waals surface area contributed by atoms with Crippen molar-refractivity contribution in [2.75, 3.05) is 11.9 Å². The maximum absolute atomic E-state index is 6.33. The largest absolute Gasteiger partial charge is 0.319 e. The minimum atomic E-state index is 0.788. The number of halogens is 1. The number of hydrogen-bond acceptors (Lipinski definition) is 1. The quantitative estimate of drug-likeness (QED) is 0.340. The molecule has 3 heteroatoms. The predicted molar refractivity (Wildman–Crippen MR) is 75.1 cm³/mol. The average Bonchev–Trinajstić information content (AvgIpc) is 2.40. The average molecular weight is 256 g/mol. The molecule has 0 bridgehead atoms. The number of benzene rings is 2. The van der Waals surface area contributed by atoms with Crippen LogP contribution in [0.2, 0.25) is 5.15 Å². The highest BCUT2D eigenvalue weighted by Gasteiger charge is 2.26. The molecule has 0 spiro atoms. The molecule has 0 N–H and O–H groups in total. The van der Waals surface area contributed by atoms with Crippen molar-refractivity contribution in [2.24, 2.45) is 0 Å². The monoisotopic (exact) mass is 255 g/mol. The number of hydrogen-bond donors (Lipinski definition) is 0. The Morgan fingerprint density at radius 3 is 2.72 bits per heavy atom. The predicted octanol–water partition coefficient (Wildman–Crippen LogP) is 3.34. The van der Waals surface area contributed by atoms with Gasteiger partial charge in [-0.05, 0) is 35.2 Å². The van der Waals surface area contributed by atoms with E-state index in [0.29, 0.717) is 0 Å². The number of anilines is 1. The number of nitrogens with zero attached hydrogens (tertiary/aromatic N) is 2. The highest BCUT2D eigenvalue weighted by atomic mass is 35.5. The molecule has 0 fully saturated rings. The van der Waals surface area contributed by atoms with Gasteiger partial charge in [0, 0.05) is 18.5 Å². The van der Waals surface area contributed by atoms with E-state index in [4.69, 9.17) is 11.6 Å². The Labute approximate surface area is 110 Å². The summed E-state index contributed by atoms with van der Waals surface area (Å²) in [5, 5.41) is 4.60. The molecule has 0 saturated heterocycles. The van der Waals surface area contributed by atoms with Gasteiger partial charge in [-0.15, -0.1) is 0 Å². The number of pyridine rings is 1. The second-order valence-corrected chi connectivity index (χ2v) is 5.19. The Hall–Kier alpha value is -1.80. The molecule has 2 nitrogen and oxygen atoms in total. The number of rotatable bonds is 0. The summed E-state index contributed by atoms with van der Waals surface area (Å²) in [6, 6.07) is 14.8. The third-order valence-electron chi connectivity index (χ3n) is 3.72. The van der Waals surface area contributed by atoms with Crippen molar-refractivity contribution in [3.8, 4) is 0 Å². The summed E-state index contributed by atoms with van der Waals surface area (Å²) < 4.78 is 2.17. The minimum Gasteiger partial charge on any atom is -0.319 e. The zero-order valence-electron chi connectivity index (χ0n) is 10.0. The van der Waals surface area contributed by atoms with Crippen LogP contribution in [0.1, 0.15) is 0 Å². The summed E-state index contributed by atoms with van der Waals surface area (Å²) in [6.45, 7) is 0.798. The van der Waals surface area contributed by atoms with E-state index >= 15 is 0 Å². The zero-order valence-corrected chi connectivity index (χ0v) is 10.8. The van der Waals surface area contributed by atoms with E-state index in [1.165, 1.54) is 27.4 Å². The molecule has 0 amide bonds. The van der Waals surface area contributed by atoms with Crippen molar-refractivity contribution in [2.45, 2.75) is 6.67 Å². The van der Waals surface area contributed by atoms with Crippen LogP contribution in [0.15, 0.2) is 42.5 Å². The Bertz CT molecular complexity index is 795. The Balaban J connectivity index is 2.37. The van der Waals surface area contributed by atoms with E-state index in [1.807, 2.05) is 6.07 Å². The van der Waals surface area contributed by atoms with Gasteiger partial charge in [0.15, 0.2) is 0 Å². The van der Waals surface area contributed by atoms with Gasteiger partial charge in [-0.2, -0.15) is 4.57 Å². The van der Waals surface area contributed by atoms with Gasteiger partial charge in [0.25, 0.3) is 5.15 Å². The Morgan fingerprint density at radius 1 is 1.06 bits per heavy atom. The topological polar surface area (TPSA) is 7.12 Å². The lowest BCUT2D eigenvalue weighted by Gasteiger charge is -2.23. The molecule has 88 valence electrons. The molecule has 1 aliphatic rings. The van der Waals surface area contributed by atoms with E-state index in [0.717, 1.165) is 11.8 Å². The molecule has 3 aromatic rings. The fourth-order valence-corrected chi connectivity index (χ4v) is 3.08. The van der Waals surface area contributed by atoms with Crippen LogP contribution in [-0.2, 0) is 6.67 Å². The van der Waals surface area contributed by atoms with Gasteiger partial charge in [-0.3, -0.25) is 0 Å². The smallest absolute Gasteiger partial charge is 0.277 e. The summed E-state index contributed by atoms with van der Waals surface area (Å²) in [6.07, 6.45) is 0. The van der Waals surface area contributed by atoms with E-state index in [2.05, 4.69) is 52.9 Å². The summed E-state index contributed by atoms with van der Waals surface area (Å²) in [4.78, 5) is 2.24.